The third kappa shape index (κ3) is 5.98. The van der Waals surface area contributed by atoms with Crippen LogP contribution in [0.3, 0.4) is 0 Å². The van der Waals surface area contributed by atoms with E-state index >= 15 is 0 Å². The highest BCUT2D eigenvalue weighted by atomic mass is 32.2. The smallest absolute Gasteiger partial charge is 0.249 e. The second kappa shape index (κ2) is 12.8. The molecule has 46 heavy (non-hydrogen) atoms. The molecule has 0 fully saturated rings. The van der Waals surface area contributed by atoms with Gasteiger partial charge in [-0.25, -0.2) is 18.1 Å². The summed E-state index contributed by atoms with van der Waals surface area (Å²) in [4.78, 5) is 17.7. The Balaban J connectivity index is 1.44. The molecule has 12 nitrogen and oxygen atoms in total. The number of anilines is 1. The van der Waals surface area contributed by atoms with E-state index in [9.17, 15) is 13.2 Å². The van der Waals surface area contributed by atoms with Gasteiger partial charge in [0.25, 0.3) is 0 Å². The fourth-order valence-corrected chi connectivity index (χ4v) is 7.09. The number of aromatic nitrogens is 6. The molecular formula is C33H34N8O4S. The van der Waals surface area contributed by atoms with Crippen molar-refractivity contribution in [2.45, 2.75) is 58.2 Å². The summed E-state index contributed by atoms with van der Waals surface area (Å²) >= 11 is 0. The molecule has 6 rings (SSSR count). The topological polar surface area (TPSA) is 145 Å². The standard InChI is InChI=1S/C33H34N8O4S/c1-5-26-20-40(46(43,44)30-8-7-14-34-33(30)45-26)19-24-16-23(10-9-21(24)3)28(17-31(42)37-25-13-15-35-36-18-25)27-11-12-29-32(22(27)4)38-39-41(29)6-2/h7-18,26H,5-6,19-20H2,1-4H3,(H,35,37,42)/t26-/m1/s1. The maximum atomic E-state index is 13.9. The van der Waals surface area contributed by atoms with Crippen molar-refractivity contribution in [3.63, 3.8) is 0 Å². The number of ether oxygens (including phenoxy) is 1. The lowest BCUT2D eigenvalue weighted by atomic mass is 9.91. The summed E-state index contributed by atoms with van der Waals surface area (Å²) in [6.07, 6.45) is 6.29. The zero-order chi connectivity index (χ0) is 32.4. The largest absolute Gasteiger partial charge is 0.472 e. The van der Waals surface area contributed by atoms with Gasteiger partial charge in [-0.2, -0.15) is 14.5 Å². The monoisotopic (exact) mass is 638 g/mol. The minimum Gasteiger partial charge on any atom is -0.472 e. The molecule has 1 atom stereocenters. The number of nitrogens with zero attached hydrogens (tertiary/aromatic N) is 7. The van der Waals surface area contributed by atoms with E-state index in [2.05, 4.69) is 30.8 Å². The molecule has 0 unspecified atom stereocenters. The van der Waals surface area contributed by atoms with Crippen molar-refractivity contribution in [1.29, 1.82) is 0 Å². The van der Waals surface area contributed by atoms with E-state index in [0.29, 0.717) is 24.2 Å². The van der Waals surface area contributed by atoms with Gasteiger partial charge in [-0.05, 0) is 90.9 Å². The van der Waals surface area contributed by atoms with E-state index in [1.807, 2.05) is 62.7 Å². The van der Waals surface area contributed by atoms with Crippen molar-refractivity contribution in [3.05, 3.63) is 101 Å². The molecule has 1 aliphatic heterocycles. The zero-order valence-electron chi connectivity index (χ0n) is 26.0. The minimum atomic E-state index is -3.91. The molecule has 3 aromatic heterocycles. The Labute approximate surface area is 267 Å². The molecular weight excluding hydrogens is 604 g/mol. The molecule has 0 saturated heterocycles. The van der Waals surface area contributed by atoms with Gasteiger partial charge < -0.3 is 10.1 Å². The number of hydrogen-bond acceptors (Lipinski definition) is 9. The molecule has 1 amide bonds. The molecule has 0 saturated carbocycles. The van der Waals surface area contributed by atoms with Crippen LogP contribution in [0.15, 0.2) is 78.1 Å². The number of carbonyl (C=O) groups excluding carboxylic acids is 1. The van der Waals surface area contributed by atoms with Crippen molar-refractivity contribution in [2.75, 3.05) is 11.9 Å². The number of pyridine rings is 1. The highest BCUT2D eigenvalue weighted by Gasteiger charge is 2.35. The van der Waals surface area contributed by atoms with Crippen LogP contribution >= 0.6 is 0 Å². The summed E-state index contributed by atoms with van der Waals surface area (Å²) in [5.74, 6) is -0.238. The number of sulfonamides is 1. The fourth-order valence-electron chi connectivity index (χ4n) is 5.56. The Morgan fingerprint density at radius 2 is 1.93 bits per heavy atom. The van der Waals surface area contributed by atoms with Crippen LogP contribution in [-0.4, -0.2) is 61.5 Å². The van der Waals surface area contributed by atoms with Gasteiger partial charge in [0, 0.05) is 25.4 Å². The Morgan fingerprint density at radius 1 is 1.09 bits per heavy atom. The highest BCUT2D eigenvalue weighted by molar-refractivity contribution is 7.89. The molecule has 0 aliphatic carbocycles. The fraction of sp³-hybridized carbons (Fsp3) is 0.273. The number of rotatable bonds is 8. The van der Waals surface area contributed by atoms with Gasteiger partial charge >= 0.3 is 0 Å². The summed E-state index contributed by atoms with van der Waals surface area (Å²) in [6, 6.07) is 14.5. The molecule has 0 radical (unpaired) electrons. The van der Waals surface area contributed by atoms with Crippen molar-refractivity contribution in [1.82, 2.24) is 34.5 Å². The first-order valence-electron chi connectivity index (χ1n) is 15.0. The van der Waals surface area contributed by atoms with Crippen LogP contribution in [0.2, 0.25) is 0 Å². The maximum Gasteiger partial charge on any atom is 0.249 e. The molecule has 1 aliphatic rings. The predicted octanol–water partition coefficient (Wildman–Crippen LogP) is 4.69. The second-order valence-corrected chi connectivity index (χ2v) is 13.0. The Bertz CT molecular complexity index is 2060. The second-order valence-electron chi connectivity index (χ2n) is 11.1. The van der Waals surface area contributed by atoms with Gasteiger partial charge in [0.1, 0.15) is 16.5 Å². The van der Waals surface area contributed by atoms with Crippen molar-refractivity contribution >= 4 is 38.2 Å². The highest BCUT2D eigenvalue weighted by Crippen LogP contribution is 2.34. The van der Waals surface area contributed by atoms with E-state index in [4.69, 9.17) is 4.74 Å². The number of aryl methyl sites for hydroxylation is 3. The lowest BCUT2D eigenvalue weighted by molar-refractivity contribution is -0.111. The number of fused-ring (bicyclic) bond motifs is 2. The average molecular weight is 639 g/mol. The first-order valence-corrected chi connectivity index (χ1v) is 16.5. The van der Waals surface area contributed by atoms with Crippen LogP contribution in [-0.2, 0) is 27.9 Å². The molecule has 5 aromatic rings. The number of amides is 1. The maximum absolute atomic E-state index is 13.9. The lowest BCUT2D eigenvalue weighted by Crippen LogP contribution is -2.36. The summed E-state index contributed by atoms with van der Waals surface area (Å²) in [5, 5.41) is 19.2. The molecule has 0 bridgehead atoms. The third-order valence-corrected chi connectivity index (χ3v) is 9.98. The molecule has 13 heteroatoms. The summed E-state index contributed by atoms with van der Waals surface area (Å²) in [6.45, 7) is 8.82. The molecule has 236 valence electrons. The van der Waals surface area contributed by atoms with Crippen LogP contribution in [0.4, 0.5) is 5.69 Å². The molecule has 1 N–H and O–H groups in total. The number of carbonyl (C=O) groups is 1. The van der Waals surface area contributed by atoms with E-state index in [0.717, 1.165) is 38.9 Å². The Morgan fingerprint density at radius 3 is 2.70 bits per heavy atom. The zero-order valence-corrected chi connectivity index (χ0v) is 26.8. The van der Waals surface area contributed by atoms with E-state index in [1.165, 1.54) is 29.0 Å². The minimum absolute atomic E-state index is 0.0478. The summed E-state index contributed by atoms with van der Waals surface area (Å²) in [7, 11) is -3.91. The Kier molecular flexibility index (Phi) is 8.61. The summed E-state index contributed by atoms with van der Waals surface area (Å²) in [5.41, 5.74) is 6.91. The number of nitrogens with one attached hydrogen (secondary N) is 1. The molecule has 0 spiro atoms. The van der Waals surface area contributed by atoms with Crippen molar-refractivity contribution in [2.24, 2.45) is 0 Å². The SMILES string of the molecule is CC[C@@H]1CN(Cc2cc(C(=CC(=O)Nc3ccnnc3)c3ccc4c(nnn4CC)c3C)ccc2C)S(=O)(=O)c2cccnc2O1. The van der Waals surface area contributed by atoms with Crippen molar-refractivity contribution < 1.29 is 17.9 Å². The van der Waals surface area contributed by atoms with Gasteiger partial charge in [0.2, 0.25) is 21.8 Å². The van der Waals surface area contributed by atoms with Gasteiger partial charge in [-0.1, -0.05) is 30.3 Å². The normalized spacial score (nSPS) is 16.4. The van der Waals surface area contributed by atoms with Gasteiger partial charge in [0.05, 0.1) is 30.1 Å². The first kappa shape index (κ1) is 31.0. The molecule has 4 heterocycles. The van der Waals surface area contributed by atoms with Gasteiger partial charge in [-0.3, -0.25) is 4.79 Å². The van der Waals surface area contributed by atoms with E-state index in [1.54, 1.807) is 18.2 Å². The van der Waals surface area contributed by atoms with Crippen LogP contribution in [0.25, 0.3) is 16.6 Å². The first-order chi connectivity index (χ1) is 22.2. The number of hydrogen-bond donors (Lipinski definition) is 1. The third-order valence-electron chi connectivity index (χ3n) is 8.16. The lowest BCUT2D eigenvalue weighted by Gasteiger charge is -2.23. The van der Waals surface area contributed by atoms with Gasteiger partial charge in [0.15, 0.2) is 0 Å². The predicted molar refractivity (Wildman–Crippen MR) is 173 cm³/mol. The van der Waals surface area contributed by atoms with Gasteiger partial charge in [-0.15, -0.1) is 5.10 Å². The Hall–Kier alpha value is -5.01. The van der Waals surface area contributed by atoms with Crippen LogP contribution < -0.4 is 10.1 Å². The van der Waals surface area contributed by atoms with Crippen molar-refractivity contribution in [3.8, 4) is 5.88 Å². The van der Waals surface area contributed by atoms with Crippen LogP contribution in [0.1, 0.15) is 48.1 Å². The van der Waals surface area contributed by atoms with E-state index in [-0.39, 0.29) is 35.9 Å². The van der Waals surface area contributed by atoms with Crippen LogP contribution in [0.5, 0.6) is 5.88 Å². The van der Waals surface area contributed by atoms with Crippen LogP contribution in [0, 0.1) is 13.8 Å². The average Bonchev–Trinajstić information content (AvgIpc) is 3.45. The van der Waals surface area contributed by atoms with E-state index < -0.39 is 10.0 Å². The summed E-state index contributed by atoms with van der Waals surface area (Å²) < 4.78 is 37.0. The quantitative estimate of drug-likeness (QED) is 0.239. The molecule has 2 aromatic carbocycles. The number of benzene rings is 2.